The van der Waals surface area contributed by atoms with Gasteiger partial charge in [-0.25, -0.2) is 4.98 Å². The van der Waals surface area contributed by atoms with Gasteiger partial charge in [-0.1, -0.05) is 44.0 Å². The molecule has 0 spiro atoms. The third-order valence-electron chi connectivity index (χ3n) is 2.85. The first-order valence-corrected chi connectivity index (χ1v) is 7.19. The van der Waals surface area contributed by atoms with Gasteiger partial charge >= 0.3 is 0 Å². The van der Waals surface area contributed by atoms with Crippen molar-refractivity contribution in [2.75, 3.05) is 0 Å². The molecule has 0 fully saturated rings. The molecule has 0 amide bonds. The first kappa shape index (κ1) is 15.9. The van der Waals surface area contributed by atoms with Gasteiger partial charge < -0.3 is 9.30 Å². The zero-order valence-corrected chi connectivity index (χ0v) is 13.5. The highest BCUT2D eigenvalue weighted by Crippen LogP contribution is 2.29. The van der Waals surface area contributed by atoms with E-state index < -0.39 is 11.6 Å². The lowest BCUT2D eigenvalue weighted by atomic mass is 9.89. The maximum absolute atomic E-state index is 12.6. The topological polar surface area (TPSA) is 44.1 Å². The third-order valence-corrected chi connectivity index (χ3v) is 3.23. The maximum Gasteiger partial charge on any atom is 0.235 e. The first-order chi connectivity index (χ1) is 9.77. The fourth-order valence-corrected chi connectivity index (χ4v) is 2.20. The number of ketones is 1. The fraction of sp³-hybridized carbons (Fsp3) is 0.333. The van der Waals surface area contributed by atoms with E-state index in [-0.39, 0.29) is 16.1 Å². The summed E-state index contributed by atoms with van der Waals surface area (Å²) in [5, 5.41) is 0.430. The number of carbonyl (C=O) groups is 1. The van der Waals surface area contributed by atoms with E-state index in [1.54, 1.807) is 17.0 Å². The summed E-state index contributed by atoms with van der Waals surface area (Å²) in [6.07, 6.45) is 2.77. The lowest BCUT2D eigenvalue weighted by molar-refractivity contribution is -0.137. The minimum Gasteiger partial charge on any atom is -0.463 e. The Morgan fingerprint density at radius 1 is 1.19 bits per heavy atom. The van der Waals surface area contributed by atoms with E-state index in [0.29, 0.717) is 5.75 Å². The van der Waals surface area contributed by atoms with E-state index in [1.165, 1.54) is 12.1 Å². The summed E-state index contributed by atoms with van der Waals surface area (Å²) < 4.78 is 7.52. The molecule has 0 saturated carbocycles. The van der Waals surface area contributed by atoms with Crippen molar-refractivity contribution in [3.8, 4) is 5.75 Å². The Morgan fingerprint density at radius 3 is 2.19 bits per heavy atom. The smallest absolute Gasteiger partial charge is 0.235 e. The van der Waals surface area contributed by atoms with Gasteiger partial charge in [0.2, 0.25) is 6.23 Å². The van der Waals surface area contributed by atoms with Crippen molar-refractivity contribution >= 4 is 29.0 Å². The van der Waals surface area contributed by atoms with Gasteiger partial charge in [-0.05, 0) is 12.1 Å². The second kappa shape index (κ2) is 6.08. The lowest BCUT2D eigenvalue weighted by Crippen LogP contribution is -2.33. The quantitative estimate of drug-likeness (QED) is 0.783. The number of rotatable bonds is 4. The van der Waals surface area contributed by atoms with Crippen LogP contribution in [0.4, 0.5) is 0 Å². The Morgan fingerprint density at radius 2 is 1.71 bits per heavy atom. The van der Waals surface area contributed by atoms with Gasteiger partial charge in [-0.2, -0.15) is 0 Å². The number of halogens is 2. The molecule has 0 bridgehead atoms. The monoisotopic (exact) mass is 326 g/mol. The molecule has 1 unspecified atom stereocenters. The van der Waals surface area contributed by atoms with Crippen LogP contribution in [0.25, 0.3) is 0 Å². The second-order valence-electron chi connectivity index (χ2n) is 5.66. The Labute approximate surface area is 133 Å². The Balaban J connectivity index is 2.35. The minimum atomic E-state index is -0.783. The summed E-state index contributed by atoms with van der Waals surface area (Å²) in [5.74, 6) is 0.346. The molecule has 6 heteroatoms. The third kappa shape index (κ3) is 3.99. The lowest BCUT2D eigenvalue weighted by Gasteiger charge is -2.26. The summed E-state index contributed by atoms with van der Waals surface area (Å²) >= 11 is 11.7. The molecule has 0 aliphatic carbocycles. The molecular formula is C15H16Cl2N2O2. The van der Waals surface area contributed by atoms with E-state index in [9.17, 15) is 4.79 Å². The van der Waals surface area contributed by atoms with Gasteiger partial charge in [0, 0.05) is 29.9 Å². The molecule has 0 radical (unpaired) electrons. The Kier molecular flexibility index (Phi) is 4.59. The number of hydrogen-bond acceptors (Lipinski definition) is 3. The highest BCUT2D eigenvalue weighted by Gasteiger charge is 2.32. The largest absolute Gasteiger partial charge is 0.463 e. The van der Waals surface area contributed by atoms with Crippen molar-refractivity contribution in [3.63, 3.8) is 0 Å². The van der Waals surface area contributed by atoms with E-state index in [1.807, 2.05) is 32.9 Å². The predicted molar refractivity (Wildman–Crippen MR) is 82.8 cm³/mol. The van der Waals surface area contributed by atoms with Gasteiger partial charge in [0.25, 0.3) is 0 Å². The molecule has 4 nitrogen and oxygen atoms in total. The van der Waals surface area contributed by atoms with Crippen LogP contribution < -0.4 is 4.74 Å². The highest BCUT2D eigenvalue weighted by molar-refractivity contribution is 6.32. The Bertz CT molecular complexity index is 613. The highest BCUT2D eigenvalue weighted by atomic mass is 35.5. The van der Waals surface area contributed by atoms with Gasteiger partial charge in [-0.3, -0.25) is 4.79 Å². The van der Waals surface area contributed by atoms with Gasteiger partial charge in [0.15, 0.2) is 5.78 Å². The van der Waals surface area contributed by atoms with E-state index >= 15 is 0 Å². The molecule has 21 heavy (non-hydrogen) atoms. The summed E-state index contributed by atoms with van der Waals surface area (Å²) in [4.78, 5) is 16.5. The minimum absolute atomic E-state index is 0.0530. The van der Waals surface area contributed by atoms with Crippen LogP contribution in [0.2, 0.25) is 10.3 Å². The molecule has 0 aliphatic heterocycles. The number of pyridine rings is 1. The molecule has 0 aliphatic rings. The van der Waals surface area contributed by atoms with Crippen LogP contribution in [0, 0.1) is 5.41 Å². The predicted octanol–water partition coefficient (Wildman–Crippen LogP) is 4.38. The van der Waals surface area contributed by atoms with Gasteiger partial charge in [0.1, 0.15) is 16.1 Å². The molecule has 0 saturated heterocycles. The van der Waals surface area contributed by atoms with Crippen LogP contribution >= 0.6 is 23.2 Å². The molecule has 2 aromatic rings. The number of ether oxygens (including phenoxy) is 1. The first-order valence-electron chi connectivity index (χ1n) is 6.44. The molecule has 0 N–H and O–H groups in total. The number of hydrogen-bond donors (Lipinski definition) is 0. The van der Waals surface area contributed by atoms with Crippen LogP contribution in [-0.2, 0) is 4.79 Å². The standard InChI is InChI=1S/C15H16Cl2N2O2/c1-15(2,3)13(20)14(19-6-4-5-7-19)21-10-8-11(16)18-12(17)9-10/h4-9,14H,1-3H3. The zero-order valence-electron chi connectivity index (χ0n) is 12.0. The van der Waals surface area contributed by atoms with Crippen LogP contribution in [-0.4, -0.2) is 15.3 Å². The fourth-order valence-electron chi connectivity index (χ4n) is 1.76. The van der Waals surface area contributed by atoms with Crippen LogP contribution in [0.5, 0.6) is 5.75 Å². The van der Waals surface area contributed by atoms with Gasteiger partial charge in [0.05, 0.1) is 0 Å². The molecule has 1 atom stereocenters. The van der Waals surface area contributed by atoms with Crippen molar-refractivity contribution in [2.24, 2.45) is 5.41 Å². The number of Topliss-reactive ketones (excluding diaryl/α,β-unsaturated/α-hetero) is 1. The van der Waals surface area contributed by atoms with E-state index in [0.717, 1.165) is 0 Å². The zero-order chi connectivity index (χ0) is 15.6. The number of carbonyl (C=O) groups excluding carboxylic acids is 1. The molecule has 2 rings (SSSR count). The molecule has 112 valence electrons. The number of nitrogens with zero attached hydrogens (tertiary/aromatic N) is 2. The van der Waals surface area contributed by atoms with Gasteiger partial charge in [-0.15, -0.1) is 0 Å². The summed E-state index contributed by atoms with van der Waals surface area (Å²) in [5.41, 5.74) is -0.546. The summed E-state index contributed by atoms with van der Waals surface area (Å²) in [6.45, 7) is 5.55. The van der Waals surface area contributed by atoms with Crippen LogP contribution in [0.15, 0.2) is 36.7 Å². The molecule has 2 heterocycles. The normalized spacial score (nSPS) is 13.0. The Hall–Kier alpha value is -1.52. The molecular weight excluding hydrogens is 311 g/mol. The van der Waals surface area contributed by atoms with Crippen LogP contribution in [0.3, 0.4) is 0 Å². The number of aromatic nitrogens is 2. The van der Waals surface area contributed by atoms with Crippen molar-refractivity contribution in [3.05, 3.63) is 47.0 Å². The average Bonchev–Trinajstić information content (AvgIpc) is 2.86. The van der Waals surface area contributed by atoms with Crippen molar-refractivity contribution < 1.29 is 9.53 Å². The van der Waals surface area contributed by atoms with E-state index in [2.05, 4.69) is 4.98 Å². The van der Waals surface area contributed by atoms with Crippen molar-refractivity contribution in [1.29, 1.82) is 0 Å². The average molecular weight is 327 g/mol. The summed E-state index contributed by atoms with van der Waals surface area (Å²) in [6, 6.07) is 6.72. The van der Waals surface area contributed by atoms with Crippen molar-refractivity contribution in [1.82, 2.24) is 9.55 Å². The maximum atomic E-state index is 12.6. The summed E-state index contributed by atoms with van der Waals surface area (Å²) in [7, 11) is 0. The molecule has 0 aromatic carbocycles. The molecule has 2 aromatic heterocycles. The SMILES string of the molecule is CC(C)(C)C(=O)C(Oc1cc(Cl)nc(Cl)c1)n1cccc1. The van der Waals surface area contributed by atoms with Crippen LogP contribution in [0.1, 0.15) is 27.0 Å². The van der Waals surface area contributed by atoms with E-state index in [4.69, 9.17) is 27.9 Å². The van der Waals surface area contributed by atoms with Crippen molar-refractivity contribution in [2.45, 2.75) is 27.0 Å². The second-order valence-corrected chi connectivity index (χ2v) is 6.44.